The number of rotatable bonds is 5. The number of ether oxygens (including phenoxy) is 2. The Labute approximate surface area is 124 Å². The molecule has 1 aliphatic rings. The van der Waals surface area contributed by atoms with Gasteiger partial charge in [-0.1, -0.05) is 19.1 Å². The average Bonchev–Trinajstić information content (AvgIpc) is 3.02. The first kappa shape index (κ1) is 15.5. The lowest BCUT2D eigenvalue weighted by atomic mass is 10.1. The highest BCUT2D eigenvalue weighted by atomic mass is 16.6. The number of esters is 1. The first-order chi connectivity index (χ1) is 10.1. The molecular weight excluding hydrogens is 270 g/mol. The Morgan fingerprint density at radius 2 is 2.10 bits per heavy atom. The Morgan fingerprint density at radius 3 is 2.67 bits per heavy atom. The summed E-state index contributed by atoms with van der Waals surface area (Å²) in [6, 6.07) is 7.59. The van der Waals surface area contributed by atoms with Crippen molar-refractivity contribution < 1.29 is 19.1 Å². The number of hydrogen-bond donors (Lipinski definition) is 1. The molecule has 0 unspecified atom stereocenters. The highest BCUT2D eigenvalue weighted by Crippen LogP contribution is 2.15. The zero-order valence-corrected chi connectivity index (χ0v) is 12.4. The summed E-state index contributed by atoms with van der Waals surface area (Å²) in [5.41, 5.74) is 1.89. The summed E-state index contributed by atoms with van der Waals surface area (Å²) >= 11 is 0. The predicted molar refractivity (Wildman–Crippen MR) is 79.0 cm³/mol. The molecule has 0 spiro atoms. The van der Waals surface area contributed by atoms with Crippen molar-refractivity contribution in [2.75, 3.05) is 11.9 Å². The molecule has 1 amide bonds. The van der Waals surface area contributed by atoms with Gasteiger partial charge in [0.1, 0.15) is 0 Å². The Morgan fingerprint density at radius 1 is 1.38 bits per heavy atom. The zero-order valence-electron chi connectivity index (χ0n) is 12.4. The van der Waals surface area contributed by atoms with Crippen LogP contribution in [0.5, 0.6) is 0 Å². The van der Waals surface area contributed by atoms with Crippen LogP contribution < -0.4 is 5.32 Å². The maximum Gasteiger partial charge on any atom is 0.336 e. The fourth-order valence-corrected chi connectivity index (χ4v) is 2.13. The van der Waals surface area contributed by atoms with E-state index < -0.39 is 18.2 Å². The van der Waals surface area contributed by atoms with Crippen molar-refractivity contribution in [1.82, 2.24) is 0 Å². The number of anilines is 1. The van der Waals surface area contributed by atoms with Gasteiger partial charge >= 0.3 is 5.97 Å². The lowest BCUT2D eigenvalue weighted by Gasteiger charge is -2.16. The molecule has 2 atom stereocenters. The second-order valence-electron chi connectivity index (χ2n) is 5.12. The van der Waals surface area contributed by atoms with Crippen molar-refractivity contribution in [1.29, 1.82) is 0 Å². The van der Waals surface area contributed by atoms with Crippen LogP contribution in [-0.2, 0) is 25.5 Å². The summed E-state index contributed by atoms with van der Waals surface area (Å²) in [7, 11) is 0. The highest BCUT2D eigenvalue weighted by Gasteiger charge is 2.28. The van der Waals surface area contributed by atoms with E-state index in [1.807, 2.05) is 24.3 Å². The van der Waals surface area contributed by atoms with Crippen molar-refractivity contribution >= 4 is 17.6 Å². The summed E-state index contributed by atoms with van der Waals surface area (Å²) in [5, 5.41) is 2.73. The molecule has 5 heteroatoms. The van der Waals surface area contributed by atoms with Crippen LogP contribution in [0.4, 0.5) is 5.69 Å². The van der Waals surface area contributed by atoms with E-state index in [0.717, 1.165) is 12.8 Å². The largest absolute Gasteiger partial charge is 0.451 e. The topological polar surface area (TPSA) is 64.6 Å². The van der Waals surface area contributed by atoms with Gasteiger partial charge in [0.25, 0.3) is 5.91 Å². The van der Waals surface area contributed by atoms with Crippen LogP contribution in [0.15, 0.2) is 24.3 Å². The van der Waals surface area contributed by atoms with Gasteiger partial charge in [-0.15, -0.1) is 0 Å². The van der Waals surface area contributed by atoms with Gasteiger partial charge in [-0.05, 0) is 43.9 Å². The van der Waals surface area contributed by atoms with E-state index >= 15 is 0 Å². The minimum Gasteiger partial charge on any atom is -0.451 e. The van der Waals surface area contributed by atoms with Crippen LogP contribution in [0.2, 0.25) is 0 Å². The Bertz CT molecular complexity index is 492. The molecule has 1 fully saturated rings. The van der Waals surface area contributed by atoms with Crippen LogP contribution in [0, 0.1) is 0 Å². The molecule has 1 aromatic carbocycles. The minimum atomic E-state index is -0.840. The molecule has 1 aromatic rings. The Kier molecular flexibility index (Phi) is 5.33. The fourth-order valence-electron chi connectivity index (χ4n) is 2.13. The van der Waals surface area contributed by atoms with Gasteiger partial charge in [0.15, 0.2) is 12.2 Å². The first-order valence-corrected chi connectivity index (χ1v) is 7.32. The van der Waals surface area contributed by atoms with Crippen molar-refractivity contribution in [3.63, 3.8) is 0 Å². The number of carbonyl (C=O) groups is 2. The number of carbonyl (C=O) groups excluding carboxylic acids is 2. The van der Waals surface area contributed by atoms with Gasteiger partial charge in [-0.3, -0.25) is 4.79 Å². The summed E-state index contributed by atoms with van der Waals surface area (Å²) in [4.78, 5) is 23.8. The van der Waals surface area contributed by atoms with E-state index in [9.17, 15) is 9.59 Å². The molecule has 0 aliphatic carbocycles. The van der Waals surface area contributed by atoms with E-state index in [-0.39, 0.29) is 5.91 Å². The van der Waals surface area contributed by atoms with E-state index in [1.165, 1.54) is 5.56 Å². The smallest absolute Gasteiger partial charge is 0.336 e. The highest BCUT2D eigenvalue weighted by molar-refractivity contribution is 5.95. The molecular formula is C16H21NO4. The molecule has 114 valence electrons. The second kappa shape index (κ2) is 7.22. The summed E-state index contributed by atoms with van der Waals surface area (Å²) in [6.07, 6.45) is 1.09. The monoisotopic (exact) mass is 291 g/mol. The summed E-state index contributed by atoms with van der Waals surface area (Å²) in [5.74, 6) is -0.804. The average molecular weight is 291 g/mol. The van der Waals surface area contributed by atoms with Crippen LogP contribution in [0.3, 0.4) is 0 Å². The van der Waals surface area contributed by atoms with Crippen LogP contribution in [-0.4, -0.2) is 30.7 Å². The fraction of sp³-hybridized carbons (Fsp3) is 0.500. The summed E-state index contributed by atoms with van der Waals surface area (Å²) in [6.45, 7) is 4.20. The molecule has 21 heavy (non-hydrogen) atoms. The van der Waals surface area contributed by atoms with Gasteiger partial charge < -0.3 is 14.8 Å². The second-order valence-corrected chi connectivity index (χ2v) is 5.12. The van der Waals surface area contributed by atoms with E-state index in [1.54, 1.807) is 6.92 Å². The lowest BCUT2D eigenvalue weighted by molar-refractivity contribution is -0.162. The van der Waals surface area contributed by atoms with Crippen LogP contribution >= 0.6 is 0 Å². The Balaban J connectivity index is 1.85. The van der Waals surface area contributed by atoms with E-state index in [0.29, 0.717) is 18.7 Å². The SMILES string of the molecule is CCc1ccc(NC(=O)[C@H](C)OC(=O)[C@@H]2CCCO2)cc1. The third-order valence-electron chi connectivity index (χ3n) is 3.48. The van der Waals surface area contributed by atoms with Crippen molar-refractivity contribution in [2.45, 2.75) is 45.3 Å². The molecule has 2 rings (SSSR count). The third kappa shape index (κ3) is 4.29. The number of nitrogens with one attached hydrogen (secondary N) is 1. The molecule has 5 nitrogen and oxygen atoms in total. The summed E-state index contributed by atoms with van der Waals surface area (Å²) < 4.78 is 10.4. The molecule has 0 bridgehead atoms. The third-order valence-corrected chi connectivity index (χ3v) is 3.48. The van der Waals surface area contributed by atoms with Gasteiger partial charge in [0, 0.05) is 12.3 Å². The van der Waals surface area contributed by atoms with Gasteiger partial charge in [-0.2, -0.15) is 0 Å². The quantitative estimate of drug-likeness (QED) is 0.845. The predicted octanol–water partition coefficient (Wildman–Crippen LogP) is 2.30. The van der Waals surface area contributed by atoms with Crippen molar-refractivity contribution in [2.24, 2.45) is 0 Å². The maximum absolute atomic E-state index is 12.0. The zero-order chi connectivity index (χ0) is 15.2. The Hall–Kier alpha value is -1.88. The number of benzene rings is 1. The molecule has 0 aromatic heterocycles. The number of aryl methyl sites for hydroxylation is 1. The first-order valence-electron chi connectivity index (χ1n) is 7.32. The number of hydrogen-bond acceptors (Lipinski definition) is 4. The van der Waals surface area contributed by atoms with Gasteiger partial charge in [0.2, 0.25) is 0 Å². The van der Waals surface area contributed by atoms with Gasteiger partial charge in [-0.25, -0.2) is 4.79 Å². The van der Waals surface area contributed by atoms with E-state index in [2.05, 4.69) is 12.2 Å². The maximum atomic E-state index is 12.0. The van der Waals surface area contributed by atoms with Crippen LogP contribution in [0.1, 0.15) is 32.3 Å². The molecule has 1 aliphatic heterocycles. The van der Waals surface area contributed by atoms with Crippen molar-refractivity contribution in [3.05, 3.63) is 29.8 Å². The number of amides is 1. The molecule has 1 heterocycles. The lowest BCUT2D eigenvalue weighted by Crippen LogP contribution is -2.33. The molecule has 0 radical (unpaired) electrons. The van der Waals surface area contributed by atoms with E-state index in [4.69, 9.17) is 9.47 Å². The normalized spacial score (nSPS) is 19.0. The van der Waals surface area contributed by atoms with Crippen LogP contribution in [0.25, 0.3) is 0 Å². The molecule has 0 saturated carbocycles. The molecule has 1 saturated heterocycles. The minimum absolute atomic E-state index is 0.342. The van der Waals surface area contributed by atoms with Gasteiger partial charge in [0.05, 0.1) is 0 Å². The van der Waals surface area contributed by atoms with Crippen molar-refractivity contribution in [3.8, 4) is 0 Å². The standard InChI is InChI=1S/C16H21NO4/c1-3-12-6-8-13(9-7-12)17-15(18)11(2)21-16(19)14-5-4-10-20-14/h6-9,11,14H,3-5,10H2,1-2H3,(H,17,18)/t11-,14-/m0/s1. The molecule has 1 N–H and O–H groups in total.